The first kappa shape index (κ1) is 11.9. The van der Waals surface area contributed by atoms with Crippen molar-refractivity contribution in [3.05, 3.63) is 29.3 Å². The van der Waals surface area contributed by atoms with Crippen LogP contribution in [0.25, 0.3) is 0 Å². The molecule has 1 heterocycles. The fourth-order valence-corrected chi connectivity index (χ4v) is 2.10. The molecular weight excluding hydrogens is 216 g/mol. The van der Waals surface area contributed by atoms with Gasteiger partial charge in [0, 0.05) is 0 Å². The van der Waals surface area contributed by atoms with E-state index in [4.69, 9.17) is 0 Å². The monoisotopic (exact) mass is 234 g/mol. The van der Waals surface area contributed by atoms with Gasteiger partial charge in [-0.1, -0.05) is 6.07 Å². The molecule has 1 aliphatic heterocycles. The van der Waals surface area contributed by atoms with Crippen LogP contribution in [0.1, 0.15) is 18.1 Å². The van der Waals surface area contributed by atoms with Gasteiger partial charge in [0.15, 0.2) is 0 Å². The second-order valence-electron chi connectivity index (χ2n) is 5.09. The van der Waals surface area contributed by atoms with Crippen LogP contribution in [0.15, 0.2) is 18.2 Å². The molecule has 1 unspecified atom stereocenters. The van der Waals surface area contributed by atoms with Gasteiger partial charge in [0.1, 0.15) is 0 Å². The number of benzene rings is 1. The molecular formula is C13H18N2O2. The first-order valence-corrected chi connectivity index (χ1v) is 5.72. The predicted octanol–water partition coefficient (Wildman–Crippen LogP) is 1.15. The van der Waals surface area contributed by atoms with Gasteiger partial charge in [-0.3, -0.25) is 15.2 Å². The number of hydrogen-bond acceptors (Lipinski definition) is 3. The zero-order chi connectivity index (χ0) is 12.6. The Bertz CT molecular complexity index is 438. The fourth-order valence-electron chi connectivity index (χ4n) is 2.10. The van der Waals surface area contributed by atoms with Crippen LogP contribution in [-0.2, 0) is 4.79 Å². The Morgan fingerprint density at radius 3 is 2.41 bits per heavy atom. The summed E-state index contributed by atoms with van der Waals surface area (Å²) in [5, 5.41) is 11.1. The summed E-state index contributed by atoms with van der Waals surface area (Å²) in [6.07, 6.45) is 0. The largest absolute Gasteiger partial charge is 0.395 e. The number of carbonyl (C=O) groups excluding carboxylic acids is 1. The van der Waals surface area contributed by atoms with E-state index < -0.39 is 5.41 Å². The number of amides is 1. The van der Waals surface area contributed by atoms with Gasteiger partial charge in [-0.05, 0) is 44.0 Å². The smallest absolute Gasteiger partial charge is 0.248 e. The summed E-state index contributed by atoms with van der Waals surface area (Å²) in [7, 11) is 0. The van der Waals surface area contributed by atoms with E-state index in [9.17, 15) is 9.90 Å². The first-order chi connectivity index (χ1) is 7.94. The molecule has 1 amide bonds. The summed E-state index contributed by atoms with van der Waals surface area (Å²) >= 11 is 0. The molecule has 0 spiro atoms. The molecule has 0 bridgehead atoms. The highest BCUT2D eigenvalue weighted by molar-refractivity contribution is 5.87. The third kappa shape index (κ3) is 2.13. The molecule has 0 aromatic heterocycles. The van der Waals surface area contributed by atoms with E-state index in [1.165, 1.54) is 0 Å². The molecule has 17 heavy (non-hydrogen) atoms. The maximum atomic E-state index is 11.8. The number of anilines is 1. The second-order valence-corrected chi connectivity index (χ2v) is 5.09. The van der Waals surface area contributed by atoms with E-state index in [0.29, 0.717) is 6.54 Å². The summed E-state index contributed by atoms with van der Waals surface area (Å²) in [4.78, 5) is 11.8. The molecule has 1 fully saturated rings. The van der Waals surface area contributed by atoms with Crippen molar-refractivity contribution in [3.63, 3.8) is 0 Å². The third-order valence-electron chi connectivity index (χ3n) is 3.16. The van der Waals surface area contributed by atoms with E-state index >= 15 is 0 Å². The molecule has 1 aromatic carbocycles. The van der Waals surface area contributed by atoms with E-state index in [0.717, 1.165) is 16.8 Å². The molecule has 0 saturated carbocycles. The van der Waals surface area contributed by atoms with E-state index in [1.807, 2.05) is 26.0 Å². The van der Waals surface area contributed by atoms with Crippen LogP contribution in [0.5, 0.6) is 0 Å². The minimum atomic E-state index is -0.711. The van der Waals surface area contributed by atoms with Gasteiger partial charge < -0.3 is 5.11 Å². The van der Waals surface area contributed by atoms with Crippen molar-refractivity contribution < 1.29 is 9.90 Å². The third-order valence-corrected chi connectivity index (χ3v) is 3.16. The highest BCUT2D eigenvalue weighted by Crippen LogP contribution is 2.28. The second kappa shape index (κ2) is 4.04. The van der Waals surface area contributed by atoms with E-state index in [2.05, 4.69) is 11.5 Å². The number of carbonyl (C=O) groups is 1. The summed E-state index contributed by atoms with van der Waals surface area (Å²) in [5.74, 6) is -0.126. The number of hydrazine groups is 1. The molecule has 2 rings (SSSR count). The fraction of sp³-hybridized carbons (Fsp3) is 0.462. The highest BCUT2D eigenvalue weighted by Gasteiger charge is 2.41. The highest BCUT2D eigenvalue weighted by atomic mass is 16.3. The average molecular weight is 234 g/mol. The molecule has 1 aliphatic rings. The molecule has 2 N–H and O–H groups in total. The number of rotatable bonds is 2. The summed E-state index contributed by atoms with van der Waals surface area (Å²) in [6.45, 7) is 6.18. The van der Waals surface area contributed by atoms with Crippen LogP contribution in [0.2, 0.25) is 0 Å². The van der Waals surface area contributed by atoms with Gasteiger partial charge in [0.2, 0.25) is 5.91 Å². The molecule has 1 atom stereocenters. The van der Waals surface area contributed by atoms with Crippen molar-refractivity contribution in [3.8, 4) is 0 Å². The van der Waals surface area contributed by atoms with Crippen molar-refractivity contribution in [2.24, 2.45) is 5.41 Å². The molecule has 4 heteroatoms. The summed E-state index contributed by atoms with van der Waals surface area (Å²) in [6, 6.07) is 6.14. The van der Waals surface area contributed by atoms with Gasteiger partial charge in [0.05, 0.1) is 24.3 Å². The maximum Gasteiger partial charge on any atom is 0.248 e. The number of hydrogen-bond donors (Lipinski definition) is 2. The number of nitrogens with one attached hydrogen (secondary N) is 1. The van der Waals surface area contributed by atoms with Gasteiger partial charge in [-0.15, -0.1) is 0 Å². The lowest BCUT2D eigenvalue weighted by Gasteiger charge is -2.20. The Hall–Kier alpha value is -1.55. The van der Waals surface area contributed by atoms with Crippen molar-refractivity contribution in [2.45, 2.75) is 20.8 Å². The molecule has 1 aromatic rings. The lowest BCUT2D eigenvalue weighted by molar-refractivity contribution is -0.128. The van der Waals surface area contributed by atoms with Gasteiger partial charge >= 0.3 is 0 Å². The van der Waals surface area contributed by atoms with Gasteiger partial charge in [0.25, 0.3) is 0 Å². The lowest BCUT2D eigenvalue weighted by Crippen LogP contribution is -2.34. The standard InChI is InChI=1S/C13H18N2O2/c1-9-4-10(2)6-11(5-9)15-7-13(3,8-16)12(17)14-15/h4-6,16H,7-8H2,1-3H3,(H,14,17). The number of aliphatic hydroxyl groups excluding tert-OH is 1. The Morgan fingerprint density at radius 2 is 1.94 bits per heavy atom. The van der Waals surface area contributed by atoms with Gasteiger partial charge in [-0.25, -0.2) is 0 Å². The zero-order valence-corrected chi connectivity index (χ0v) is 10.4. The first-order valence-electron chi connectivity index (χ1n) is 5.72. The Balaban J connectivity index is 2.28. The van der Waals surface area contributed by atoms with E-state index in [1.54, 1.807) is 11.9 Å². The van der Waals surface area contributed by atoms with E-state index in [-0.39, 0.29) is 12.5 Å². The molecule has 92 valence electrons. The molecule has 0 radical (unpaired) electrons. The van der Waals surface area contributed by atoms with Crippen molar-refractivity contribution >= 4 is 11.6 Å². The number of nitrogens with zero attached hydrogens (tertiary/aromatic N) is 1. The van der Waals surface area contributed by atoms with Crippen LogP contribution in [0.4, 0.5) is 5.69 Å². The normalized spacial score (nSPS) is 24.0. The Kier molecular flexibility index (Phi) is 2.83. The minimum Gasteiger partial charge on any atom is -0.395 e. The summed E-state index contributed by atoms with van der Waals surface area (Å²) < 4.78 is 0. The van der Waals surface area contributed by atoms with Crippen LogP contribution in [0, 0.1) is 19.3 Å². The van der Waals surface area contributed by atoms with Crippen LogP contribution < -0.4 is 10.4 Å². The van der Waals surface area contributed by atoms with Crippen molar-refractivity contribution in [1.29, 1.82) is 0 Å². The molecule has 0 aliphatic carbocycles. The topological polar surface area (TPSA) is 52.6 Å². The number of aryl methyl sites for hydroxylation is 2. The average Bonchev–Trinajstić information content (AvgIpc) is 2.55. The summed E-state index contributed by atoms with van der Waals surface area (Å²) in [5.41, 5.74) is 5.37. The Morgan fingerprint density at radius 1 is 1.35 bits per heavy atom. The lowest BCUT2D eigenvalue weighted by atomic mass is 9.92. The minimum absolute atomic E-state index is 0.126. The van der Waals surface area contributed by atoms with Crippen LogP contribution in [0.3, 0.4) is 0 Å². The maximum absolute atomic E-state index is 11.8. The quantitative estimate of drug-likeness (QED) is 0.807. The predicted molar refractivity (Wildman–Crippen MR) is 66.6 cm³/mol. The van der Waals surface area contributed by atoms with Crippen molar-refractivity contribution in [1.82, 2.24) is 5.43 Å². The van der Waals surface area contributed by atoms with Crippen LogP contribution >= 0.6 is 0 Å². The van der Waals surface area contributed by atoms with Crippen LogP contribution in [-0.4, -0.2) is 24.2 Å². The molecule has 4 nitrogen and oxygen atoms in total. The SMILES string of the molecule is Cc1cc(C)cc(N2CC(C)(CO)C(=O)N2)c1. The Labute approximate surface area is 101 Å². The van der Waals surface area contributed by atoms with Crippen molar-refractivity contribution in [2.75, 3.05) is 18.2 Å². The zero-order valence-electron chi connectivity index (χ0n) is 10.4. The number of aliphatic hydroxyl groups is 1. The molecule has 1 saturated heterocycles. The van der Waals surface area contributed by atoms with Gasteiger partial charge in [-0.2, -0.15) is 0 Å².